The number of nitrogens with zero attached hydrogens (tertiary/aromatic N) is 1. The third-order valence-electron chi connectivity index (χ3n) is 4.26. The zero-order chi connectivity index (χ0) is 20.4. The summed E-state index contributed by atoms with van der Waals surface area (Å²) in [6.45, 7) is 5.58. The zero-order valence-corrected chi connectivity index (χ0v) is 17.2. The number of benzene rings is 2. The maximum absolute atomic E-state index is 13.5. The fraction of sp³-hybridized carbons (Fsp3) is 0.316. The summed E-state index contributed by atoms with van der Waals surface area (Å²) in [5.74, 6) is -1.15. The lowest BCUT2D eigenvalue weighted by Gasteiger charge is -2.30. The van der Waals surface area contributed by atoms with E-state index in [-0.39, 0.29) is 17.1 Å². The number of rotatable bonds is 6. The van der Waals surface area contributed by atoms with Crippen LogP contribution in [-0.2, 0) is 14.8 Å². The summed E-state index contributed by atoms with van der Waals surface area (Å²) in [6, 6.07) is 8.00. The second-order valence-electron chi connectivity index (χ2n) is 6.37. The van der Waals surface area contributed by atoms with Crippen LogP contribution in [0.25, 0.3) is 0 Å². The molecule has 1 atom stereocenters. The van der Waals surface area contributed by atoms with Crippen LogP contribution in [0.3, 0.4) is 0 Å². The molecule has 2 aromatic carbocycles. The summed E-state index contributed by atoms with van der Waals surface area (Å²) < 4.78 is 39.2. The van der Waals surface area contributed by atoms with Crippen LogP contribution in [0.4, 0.5) is 15.8 Å². The minimum absolute atomic E-state index is 0.131. The summed E-state index contributed by atoms with van der Waals surface area (Å²) in [5.41, 5.74) is 2.79. The fourth-order valence-corrected chi connectivity index (χ4v) is 4.11. The van der Waals surface area contributed by atoms with Gasteiger partial charge in [0.2, 0.25) is 15.9 Å². The fourth-order valence-electron chi connectivity index (χ4n) is 2.73. The van der Waals surface area contributed by atoms with Crippen LogP contribution in [-0.4, -0.2) is 26.6 Å². The van der Waals surface area contributed by atoms with Crippen molar-refractivity contribution >= 4 is 38.9 Å². The third-order valence-corrected chi connectivity index (χ3v) is 5.73. The number of hydrogen-bond donors (Lipinski definition) is 1. The van der Waals surface area contributed by atoms with Gasteiger partial charge in [0.1, 0.15) is 11.9 Å². The molecular weight excluding hydrogens is 391 g/mol. The Balaban J connectivity index is 2.40. The Hall–Kier alpha value is -2.12. The van der Waals surface area contributed by atoms with Crippen molar-refractivity contribution in [2.45, 2.75) is 33.2 Å². The lowest BCUT2D eigenvalue weighted by molar-refractivity contribution is -0.117. The Morgan fingerprint density at radius 2 is 1.85 bits per heavy atom. The van der Waals surface area contributed by atoms with Crippen molar-refractivity contribution in [3.63, 3.8) is 0 Å². The number of carbonyl (C=O) groups is 1. The van der Waals surface area contributed by atoms with E-state index in [2.05, 4.69) is 5.32 Å². The van der Waals surface area contributed by atoms with Crippen molar-refractivity contribution in [3.8, 4) is 0 Å². The molecule has 2 aromatic rings. The van der Waals surface area contributed by atoms with Crippen LogP contribution in [0.2, 0.25) is 5.02 Å². The minimum Gasteiger partial charge on any atom is -0.324 e. The maximum atomic E-state index is 13.5. The number of carbonyl (C=O) groups excluding carboxylic acids is 1. The van der Waals surface area contributed by atoms with Crippen LogP contribution in [0.1, 0.15) is 24.5 Å². The van der Waals surface area contributed by atoms with Gasteiger partial charge < -0.3 is 5.32 Å². The molecule has 0 aliphatic carbocycles. The summed E-state index contributed by atoms with van der Waals surface area (Å²) in [5, 5.41) is 2.54. The predicted octanol–water partition coefficient (Wildman–Crippen LogP) is 4.28. The van der Waals surface area contributed by atoms with E-state index in [1.54, 1.807) is 13.0 Å². The second-order valence-corrected chi connectivity index (χ2v) is 8.64. The van der Waals surface area contributed by atoms with Gasteiger partial charge in [-0.3, -0.25) is 9.10 Å². The average Bonchev–Trinajstić information content (AvgIpc) is 2.57. The van der Waals surface area contributed by atoms with E-state index in [0.29, 0.717) is 5.69 Å². The summed E-state index contributed by atoms with van der Waals surface area (Å²) in [4.78, 5) is 12.8. The van der Waals surface area contributed by atoms with E-state index in [9.17, 15) is 17.6 Å². The highest BCUT2D eigenvalue weighted by Gasteiger charge is 2.32. The zero-order valence-electron chi connectivity index (χ0n) is 15.6. The summed E-state index contributed by atoms with van der Waals surface area (Å²) in [6.07, 6.45) is 1.22. The average molecular weight is 413 g/mol. The van der Waals surface area contributed by atoms with Gasteiger partial charge in [-0.15, -0.1) is 0 Å². The lowest BCUT2D eigenvalue weighted by atomic mass is 10.1. The van der Waals surface area contributed by atoms with Crippen LogP contribution >= 0.6 is 11.6 Å². The minimum atomic E-state index is -3.82. The number of amides is 1. The Morgan fingerprint density at radius 3 is 2.37 bits per heavy atom. The molecule has 8 heteroatoms. The van der Waals surface area contributed by atoms with Crippen LogP contribution in [0.5, 0.6) is 0 Å². The van der Waals surface area contributed by atoms with Gasteiger partial charge in [-0.05, 0) is 61.7 Å². The van der Waals surface area contributed by atoms with E-state index in [1.165, 1.54) is 12.1 Å². The molecule has 27 heavy (non-hydrogen) atoms. The van der Waals surface area contributed by atoms with Gasteiger partial charge in [0.05, 0.1) is 17.0 Å². The molecule has 0 aliphatic heterocycles. The molecule has 0 bridgehead atoms. The number of aryl methyl sites for hydroxylation is 2. The highest BCUT2D eigenvalue weighted by molar-refractivity contribution is 7.92. The van der Waals surface area contributed by atoms with Crippen LogP contribution in [0, 0.1) is 19.7 Å². The lowest BCUT2D eigenvalue weighted by Crippen LogP contribution is -2.47. The van der Waals surface area contributed by atoms with Crippen molar-refractivity contribution in [3.05, 3.63) is 58.4 Å². The summed E-state index contributed by atoms with van der Waals surface area (Å²) >= 11 is 5.80. The van der Waals surface area contributed by atoms with Crippen molar-refractivity contribution in [1.82, 2.24) is 0 Å². The smallest absolute Gasteiger partial charge is 0.248 e. The van der Waals surface area contributed by atoms with Gasteiger partial charge >= 0.3 is 0 Å². The first-order valence-electron chi connectivity index (χ1n) is 8.37. The van der Waals surface area contributed by atoms with Crippen molar-refractivity contribution in [1.29, 1.82) is 0 Å². The monoisotopic (exact) mass is 412 g/mol. The molecular formula is C19H22ClFN2O3S. The Labute approximate surface area is 164 Å². The SMILES string of the molecule is CC[C@@H](C(=O)Nc1ccc(C)c(C)c1)N(c1ccc(F)c(Cl)c1)S(C)(=O)=O. The van der Waals surface area contributed by atoms with Crippen LogP contribution < -0.4 is 9.62 Å². The molecule has 0 radical (unpaired) electrons. The predicted molar refractivity (Wildman–Crippen MR) is 107 cm³/mol. The first-order chi connectivity index (χ1) is 12.5. The maximum Gasteiger partial charge on any atom is 0.248 e. The molecule has 0 saturated carbocycles. The van der Waals surface area contributed by atoms with Crippen molar-refractivity contribution in [2.75, 3.05) is 15.9 Å². The Kier molecular flexibility index (Phi) is 6.49. The molecule has 1 N–H and O–H groups in total. The van der Waals surface area contributed by atoms with Gasteiger partial charge in [-0.2, -0.15) is 0 Å². The molecule has 0 fully saturated rings. The molecule has 0 heterocycles. The molecule has 1 amide bonds. The number of hydrogen-bond acceptors (Lipinski definition) is 3. The standard InChI is InChI=1S/C19H22ClFN2O3S/c1-5-18(19(24)22-14-7-6-12(2)13(3)10-14)23(27(4,25)26)15-8-9-17(21)16(20)11-15/h6-11,18H,5H2,1-4H3,(H,22,24)/t18-/m0/s1. The highest BCUT2D eigenvalue weighted by Crippen LogP contribution is 2.28. The molecule has 0 saturated heterocycles. The van der Waals surface area contributed by atoms with E-state index >= 15 is 0 Å². The first-order valence-corrected chi connectivity index (χ1v) is 10.6. The molecule has 2 rings (SSSR count). The molecule has 0 spiro atoms. The number of halogens is 2. The molecule has 146 valence electrons. The molecule has 0 unspecified atom stereocenters. The molecule has 0 aromatic heterocycles. The van der Waals surface area contributed by atoms with Gasteiger partial charge in [0.15, 0.2) is 0 Å². The van der Waals surface area contributed by atoms with E-state index < -0.39 is 27.8 Å². The number of sulfonamides is 1. The largest absolute Gasteiger partial charge is 0.324 e. The molecule has 0 aliphatic rings. The van der Waals surface area contributed by atoms with E-state index in [4.69, 9.17) is 11.6 Å². The Morgan fingerprint density at radius 1 is 1.19 bits per heavy atom. The number of nitrogens with one attached hydrogen (secondary N) is 1. The topological polar surface area (TPSA) is 66.5 Å². The quantitative estimate of drug-likeness (QED) is 0.770. The van der Waals surface area contributed by atoms with Gasteiger partial charge in [-0.1, -0.05) is 24.6 Å². The number of anilines is 2. The van der Waals surface area contributed by atoms with E-state index in [0.717, 1.165) is 27.8 Å². The van der Waals surface area contributed by atoms with Crippen molar-refractivity contribution < 1.29 is 17.6 Å². The molecule has 5 nitrogen and oxygen atoms in total. The normalized spacial score (nSPS) is 12.5. The van der Waals surface area contributed by atoms with E-state index in [1.807, 2.05) is 26.0 Å². The van der Waals surface area contributed by atoms with Gasteiger partial charge in [0, 0.05) is 5.69 Å². The second kappa shape index (κ2) is 8.27. The highest BCUT2D eigenvalue weighted by atomic mass is 35.5. The van der Waals surface area contributed by atoms with Gasteiger partial charge in [0.25, 0.3) is 0 Å². The third kappa shape index (κ3) is 4.99. The van der Waals surface area contributed by atoms with Gasteiger partial charge in [-0.25, -0.2) is 12.8 Å². The van der Waals surface area contributed by atoms with Crippen molar-refractivity contribution in [2.24, 2.45) is 0 Å². The van der Waals surface area contributed by atoms with Crippen LogP contribution in [0.15, 0.2) is 36.4 Å². The summed E-state index contributed by atoms with van der Waals surface area (Å²) in [7, 11) is -3.82. The Bertz CT molecular complexity index is 963. The first kappa shape index (κ1) is 21.2.